The summed E-state index contributed by atoms with van der Waals surface area (Å²) in [5.41, 5.74) is 0.496. The number of benzene rings is 1. The smallest absolute Gasteiger partial charge is 0.277 e. The molecule has 1 aliphatic heterocycles. The fraction of sp³-hybridized carbons (Fsp3) is 0.579. The molecule has 0 radical (unpaired) electrons. The van der Waals surface area contributed by atoms with Gasteiger partial charge in [-0.3, -0.25) is 9.59 Å². The molecule has 6 nitrogen and oxygen atoms in total. The van der Waals surface area contributed by atoms with Gasteiger partial charge >= 0.3 is 0 Å². The van der Waals surface area contributed by atoms with E-state index in [1.54, 1.807) is 25.2 Å². The van der Waals surface area contributed by atoms with Crippen molar-refractivity contribution in [2.45, 2.75) is 20.3 Å². The van der Waals surface area contributed by atoms with Crippen LogP contribution in [0.4, 0.5) is 5.69 Å². The summed E-state index contributed by atoms with van der Waals surface area (Å²) in [6.07, 6.45) is 1.22. The maximum atomic E-state index is 12.5. The van der Waals surface area contributed by atoms with E-state index in [-0.39, 0.29) is 18.4 Å². The summed E-state index contributed by atoms with van der Waals surface area (Å²) in [6.45, 7) is 6.91. The van der Waals surface area contributed by atoms with Crippen molar-refractivity contribution in [1.29, 1.82) is 0 Å². The number of likely N-dealkylation sites (tertiary alicyclic amines) is 1. The number of quaternary nitrogens is 1. The Morgan fingerprint density at radius 2 is 1.96 bits per heavy atom. The molecule has 2 atom stereocenters. The SMILES string of the molecule is COc1ccc(Cl)cc1NC(=O)CN(C)C(=O)C[NH+]1C[C@H](C)C[C@@H](C)C1. The molecule has 0 aromatic heterocycles. The van der Waals surface area contributed by atoms with Crippen molar-refractivity contribution in [3.05, 3.63) is 23.2 Å². The highest BCUT2D eigenvalue weighted by Gasteiger charge is 2.28. The van der Waals surface area contributed by atoms with Crippen LogP contribution in [0.1, 0.15) is 20.3 Å². The Labute approximate surface area is 160 Å². The number of carbonyl (C=O) groups excluding carboxylic acids is 2. The van der Waals surface area contributed by atoms with Crippen LogP contribution < -0.4 is 15.0 Å². The van der Waals surface area contributed by atoms with Gasteiger partial charge in [0.2, 0.25) is 5.91 Å². The first kappa shape index (κ1) is 20.5. The molecule has 2 N–H and O–H groups in total. The van der Waals surface area contributed by atoms with Gasteiger partial charge in [-0.05, 0) is 24.6 Å². The molecule has 1 heterocycles. The molecule has 0 saturated carbocycles. The number of carbonyl (C=O) groups is 2. The molecule has 1 aromatic rings. The third kappa shape index (κ3) is 5.88. The largest absolute Gasteiger partial charge is 0.495 e. The van der Waals surface area contributed by atoms with E-state index in [1.807, 2.05) is 0 Å². The lowest BCUT2D eigenvalue weighted by molar-refractivity contribution is -0.904. The van der Waals surface area contributed by atoms with Crippen molar-refractivity contribution in [3.63, 3.8) is 0 Å². The molecule has 26 heavy (non-hydrogen) atoms. The Morgan fingerprint density at radius 3 is 2.58 bits per heavy atom. The van der Waals surface area contributed by atoms with Crippen LogP contribution in [-0.2, 0) is 9.59 Å². The molecule has 1 fully saturated rings. The number of methoxy groups -OCH3 is 1. The lowest BCUT2D eigenvalue weighted by Gasteiger charge is -2.32. The predicted molar refractivity (Wildman–Crippen MR) is 103 cm³/mol. The Hall–Kier alpha value is -1.79. The van der Waals surface area contributed by atoms with Crippen LogP contribution in [0.25, 0.3) is 0 Å². The van der Waals surface area contributed by atoms with Gasteiger partial charge in [-0.1, -0.05) is 25.4 Å². The second-order valence-electron chi connectivity index (χ2n) is 7.42. The molecular weight excluding hydrogens is 354 g/mol. The minimum atomic E-state index is -0.281. The first-order valence-corrected chi connectivity index (χ1v) is 9.37. The topological polar surface area (TPSA) is 63.1 Å². The number of halogens is 1. The molecular formula is C19H29ClN3O3+. The lowest BCUT2D eigenvalue weighted by atomic mass is 9.92. The minimum absolute atomic E-state index is 0.00706. The van der Waals surface area contributed by atoms with E-state index >= 15 is 0 Å². The molecule has 0 bridgehead atoms. The highest BCUT2D eigenvalue weighted by molar-refractivity contribution is 6.31. The van der Waals surface area contributed by atoms with Gasteiger partial charge in [0.25, 0.3) is 5.91 Å². The molecule has 1 aromatic carbocycles. The maximum Gasteiger partial charge on any atom is 0.277 e. The molecule has 1 aliphatic rings. The zero-order valence-corrected chi connectivity index (χ0v) is 16.7. The summed E-state index contributed by atoms with van der Waals surface area (Å²) in [5, 5.41) is 3.26. The van der Waals surface area contributed by atoms with Crippen molar-refractivity contribution in [2.24, 2.45) is 11.8 Å². The third-order valence-corrected chi connectivity index (χ3v) is 4.96. The monoisotopic (exact) mass is 382 g/mol. The van der Waals surface area contributed by atoms with E-state index in [0.29, 0.717) is 34.8 Å². The van der Waals surface area contributed by atoms with Crippen LogP contribution in [0.5, 0.6) is 5.75 Å². The first-order chi connectivity index (χ1) is 12.3. The van der Waals surface area contributed by atoms with Crippen LogP contribution in [0.2, 0.25) is 5.02 Å². The highest BCUT2D eigenvalue weighted by Crippen LogP contribution is 2.27. The Morgan fingerprint density at radius 1 is 1.31 bits per heavy atom. The van der Waals surface area contributed by atoms with Crippen molar-refractivity contribution in [2.75, 3.05) is 45.7 Å². The van der Waals surface area contributed by atoms with Crippen LogP contribution >= 0.6 is 11.6 Å². The van der Waals surface area contributed by atoms with E-state index in [2.05, 4.69) is 19.2 Å². The van der Waals surface area contributed by atoms with Crippen molar-refractivity contribution >= 4 is 29.1 Å². The summed E-state index contributed by atoms with van der Waals surface area (Å²) in [6, 6.07) is 5.00. The second-order valence-corrected chi connectivity index (χ2v) is 7.86. The van der Waals surface area contributed by atoms with E-state index in [0.717, 1.165) is 13.1 Å². The molecule has 0 unspecified atom stereocenters. The Kier molecular flexibility index (Phi) is 7.29. The minimum Gasteiger partial charge on any atom is -0.495 e. The van der Waals surface area contributed by atoms with Crippen molar-refractivity contribution in [1.82, 2.24) is 4.90 Å². The zero-order valence-electron chi connectivity index (χ0n) is 16.0. The summed E-state index contributed by atoms with van der Waals surface area (Å²) >= 11 is 5.97. The van der Waals surface area contributed by atoms with Gasteiger partial charge in [0.05, 0.1) is 32.4 Å². The summed E-state index contributed by atoms with van der Waals surface area (Å²) < 4.78 is 5.22. The fourth-order valence-electron chi connectivity index (χ4n) is 3.69. The molecule has 0 spiro atoms. The van der Waals surface area contributed by atoms with Gasteiger partial charge in [-0.2, -0.15) is 0 Å². The average Bonchev–Trinajstić information content (AvgIpc) is 2.53. The number of rotatable bonds is 6. The zero-order chi connectivity index (χ0) is 19.3. The Bertz CT molecular complexity index is 643. The number of likely N-dealkylation sites (N-methyl/N-ethyl adjacent to an activating group) is 1. The quantitative estimate of drug-likeness (QED) is 0.779. The van der Waals surface area contributed by atoms with E-state index < -0.39 is 0 Å². The number of nitrogens with one attached hydrogen (secondary N) is 2. The molecule has 0 aliphatic carbocycles. The van der Waals surface area contributed by atoms with Gasteiger partial charge in [-0.25, -0.2) is 0 Å². The first-order valence-electron chi connectivity index (χ1n) is 8.99. The number of hydrogen-bond donors (Lipinski definition) is 2. The number of hydrogen-bond acceptors (Lipinski definition) is 3. The van der Waals surface area contributed by atoms with Crippen LogP contribution in [-0.4, -0.2) is 57.1 Å². The van der Waals surface area contributed by atoms with Gasteiger partial charge < -0.3 is 19.9 Å². The van der Waals surface area contributed by atoms with E-state index in [9.17, 15) is 9.59 Å². The van der Waals surface area contributed by atoms with Crippen molar-refractivity contribution in [3.8, 4) is 5.75 Å². The fourth-order valence-corrected chi connectivity index (χ4v) is 3.86. The molecule has 2 amide bonds. The summed E-state index contributed by atoms with van der Waals surface area (Å²) in [7, 11) is 3.19. The van der Waals surface area contributed by atoms with E-state index in [4.69, 9.17) is 16.3 Å². The van der Waals surface area contributed by atoms with Crippen LogP contribution in [0, 0.1) is 11.8 Å². The number of anilines is 1. The van der Waals surface area contributed by atoms with Gasteiger partial charge in [-0.15, -0.1) is 0 Å². The summed E-state index contributed by atoms with van der Waals surface area (Å²) in [4.78, 5) is 27.5. The van der Waals surface area contributed by atoms with Gasteiger partial charge in [0.1, 0.15) is 5.75 Å². The normalized spacial score (nSPS) is 22.6. The van der Waals surface area contributed by atoms with E-state index in [1.165, 1.54) is 23.3 Å². The molecule has 1 saturated heterocycles. The second kappa shape index (κ2) is 9.24. The predicted octanol–water partition coefficient (Wildman–Crippen LogP) is 1.31. The number of amides is 2. The standard InChI is InChI=1S/C19H28ClN3O3/c1-13-7-14(2)10-23(9-13)12-19(25)22(3)11-18(24)21-16-8-15(20)5-6-17(16)26-4/h5-6,8,13-14H,7,9-12H2,1-4H3,(H,21,24)/p+1/t13-,14-/m1/s1. The molecule has 7 heteroatoms. The lowest BCUT2D eigenvalue weighted by Crippen LogP contribution is -3.15. The molecule has 2 rings (SSSR count). The van der Waals surface area contributed by atoms with Crippen LogP contribution in [0.3, 0.4) is 0 Å². The highest BCUT2D eigenvalue weighted by atomic mass is 35.5. The van der Waals surface area contributed by atoms with Gasteiger partial charge in [0.15, 0.2) is 6.54 Å². The average molecular weight is 383 g/mol. The number of ether oxygens (including phenoxy) is 1. The van der Waals surface area contributed by atoms with Gasteiger partial charge in [0, 0.05) is 23.9 Å². The van der Waals surface area contributed by atoms with Crippen LogP contribution in [0.15, 0.2) is 18.2 Å². The number of piperidine rings is 1. The maximum absolute atomic E-state index is 12.5. The van der Waals surface area contributed by atoms with Crippen molar-refractivity contribution < 1.29 is 19.2 Å². The molecule has 144 valence electrons. The third-order valence-electron chi connectivity index (χ3n) is 4.72. The number of nitrogens with zero attached hydrogens (tertiary/aromatic N) is 1. The Balaban J connectivity index is 1.88. The summed E-state index contributed by atoms with van der Waals surface area (Å²) in [5.74, 6) is 1.49.